The molecule has 0 fully saturated rings. The van der Waals surface area contributed by atoms with Crippen LogP contribution in [0.2, 0.25) is 0 Å². The number of nitrogen functional groups attached to an aromatic ring is 1. The quantitative estimate of drug-likeness (QED) is 0.675. The first-order valence-electron chi connectivity index (χ1n) is 4.91. The van der Waals surface area contributed by atoms with E-state index in [1.807, 2.05) is 25.1 Å². The maximum Gasteiger partial charge on any atom is 0.145 e. The Labute approximate surface area is 96.1 Å². The van der Waals surface area contributed by atoms with Crippen molar-refractivity contribution in [1.82, 2.24) is 15.2 Å². The third-order valence-electron chi connectivity index (χ3n) is 2.40. The number of nitrogens with one attached hydrogen (secondary N) is 1. The molecule has 3 rings (SSSR count). The lowest BCUT2D eigenvalue weighted by Gasteiger charge is -1.95. The predicted octanol–water partition coefficient (Wildman–Crippen LogP) is 2.58. The van der Waals surface area contributed by atoms with Gasteiger partial charge in [-0.05, 0) is 19.1 Å². The summed E-state index contributed by atoms with van der Waals surface area (Å²) < 4.78 is 1.18. The molecule has 0 amide bonds. The number of thiazole rings is 1. The summed E-state index contributed by atoms with van der Waals surface area (Å²) in [6.07, 6.45) is 0. The fourth-order valence-corrected chi connectivity index (χ4v) is 2.56. The van der Waals surface area contributed by atoms with E-state index in [0.29, 0.717) is 5.82 Å². The second-order valence-electron chi connectivity index (χ2n) is 3.62. The molecule has 80 valence electrons. The van der Waals surface area contributed by atoms with Gasteiger partial charge in [0.15, 0.2) is 0 Å². The van der Waals surface area contributed by atoms with E-state index < -0.39 is 0 Å². The number of aromatic nitrogens is 3. The molecule has 4 nitrogen and oxygen atoms in total. The topological polar surface area (TPSA) is 67.6 Å². The van der Waals surface area contributed by atoms with Gasteiger partial charge in [-0.25, -0.2) is 4.98 Å². The Morgan fingerprint density at radius 3 is 2.94 bits per heavy atom. The predicted molar refractivity (Wildman–Crippen MR) is 66.4 cm³/mol. The maximum absolute atomic E-state index is 5.58. The third kappa shape index (κ3) is 1.45. The summed E-state index contributed by atoms with van der Waals surface area (Å²) >= 11 is 1.69. The first-order valence-corrected chi connectivity index (χ1v) is 5.72. The van der Waals surface area contributed by atoms with Crippen molar-refractivity contribution in [3.8, 4) is 11.3 Å². The molecule has 2 aromatic heterocycles. The Hall–Kier alpha value is -1.88. The molecule has 0 radical (unpaired) electrons. The molecular formula is C11H10N4S. The fourth-order valence-electron chi connectivity index (χ4n) is 1.69. The minimum absolute atomic E-state index is 0.510. The van der Waals surface area contributed by atoms with Crippen LogP contribution in [-0.4, -0.2) is 15.2 Å². The van der Waals surface area contributed by atoms with Gasteiger partial charge >= 0.3 is 0 Å². The van der Waals surface area contributed by atoms with E-state index in [9.17, 15) is 0 Å². The monoisotopic (exact) mass is 230 g/mol. The summed E-state index contributed by atoms with van der Waals surface area (Å²) in [4.78, 5) is 4.42. The normalized spacial score (nSPS) is 11.1. The van der Waals surface area contributed by atoms with Crippen LogP contribution in [0.15, 0.2) is 24.3 Å². The molecule has 0 spiro atoms. The number of rotatable bonds is 1. The highest BCUT2D eigenvalue weighted by Crippen LogP contribution is 2.27. The van der Waals surface area contributed by atoms with Gasteiger partial charge in [0.1, 0.15) is 5.82 Å². The van der Waals surface area contributed by atoms with E-state index >= 15 is 0 Å². The zero-order valence-electron chi connectivity index (χ0n) is 8.69. The fraction of sp³-hybridized carbons (Fsp3) is 0.0909. The van der Waals surface area contributed by atoms with Crippen LogP contribution in [-0.2, 0) is 0 Å². The second kappa shape index (κ2) is 3.31. The molecule has 3 N–H and O–H groups in total. The Morgan fingerprint density at radius 1 is 1.31 bits per heavy atom. The van der Waals surface area contributed by atoms with Crippen LogP contribution < -0.4 is 5.73 Å². The van der Waals surface area contributed by atoms with Crippen molar-refractivity contribution in [1.29, 1.82) is 0 Å². The average molecular weight is 230 g/mol. The van der Waals surface area contributed by atoms with E-state index in [2.05, 4.69) is 21.2 Å². The standard InChI is InChI=1S/C11H10N4S/c1-6-13-8-3-2-7(4-10(8)16-6)9-5-11(12)15-14-9/h2-5H,1H3,(H3,12,14,15). The molecule has 0 unspecified atom stereocenters. The van der Waals surface area contributed by atoms with E-state index in [1.165, 1.54) is 4.70 Å². The zero-order chi connectivity index (χ0) is 11.1. The molecule has 16 heavy (non-hydrogen) atoms. The number of anilines is 1. The number of hydrogen-bond acceptors (Lipinski definition) is 4. The number of H-pyrrole nitrogens is 1. The Morgan fingerprint density at radius 2 is 2.19 bits per heavy atom. The Balaban J connectivity index is 2.17. The summed E-state index contributed by atoms with van der Waals surface area (Å²) in [6.45, 7) is 2.01. The number of nitrogens with two attached hydrogens (primary N) is 1. The summed E-state index contributed by atoms with van der Waals surface area (Å²) in [6, 6.07) is 7.97. The van der Waals surface area contributed by atoms with Gasteiger partial charge in [-0.15, -0.1) is 11.3 Å². The lowest BCUT2D eigenvalue weighted by molar-refractivity contribution is 1.10. The van der Waals surface area contributed by atoms with Crippen molar-refractivity contribution in [2.45, 2.75) is 6.92 Å². The van der Waals surface area contributed by atoms with E-state index in [0.717, 1.165) is 21.8 Å². The average Bonchev–Trinajstić information content (AvgIpc) is 2.81. The number of aromatic amines is 1. The van der Waals surface area contributed by atoms with Crippen molar-refractivity contribution >= 4 is 27.4 Å². The minimum Gasteiger partial charge on any atom is -0.382 e. The van der Waals surface area contributed by atoms with Crippen LogP contribution in [0.25, 0.3) is 21.5 Å². The van der Waals surface area contributed by atoms with Crippen molar-refractivity contribution in [3.63, 3.8) is 0 Å². The largest absolute Gasteiger partial charge is 0.382 e. The summed E-state index contributed by atoms with van der Waals surface area (Å²) in [5.74, 6) is 0.510. The van der Waals surface area contributed by atoms with Gasteiger partial charge < -0.3 is 5.73 Å². The molecule has 0 saturated carbocycles. The molecule has 0 atom stereocenters. The molecule has 3 aromatic rings. The van der Waals surface area contributed by atoms with Crippen molar-refractivity contribution in [3.05, 3.63) is 29.3 Å². The van der Waals surface area contributed by atoms with Gasteiger partial charge in [0.2, 0.25) is 0 Å². The molecule has 0 saturated heterocycles. The van der Waals surface area contributed by atoms with Crippen LogP contribution in [0, 0.1) is 6.92 Å². The van der Waals surface area contributed by atoms with Gasteiger partial charge in [0.05, 0.1) is 20.9 Å². The molecule has 2 heterocycles. The van der Waals surface area contributed by atoms with Crippen LogP contribution >= 0.6 is 11.3 Å². The summed E-state index contributed by atoms with van der Waals surface area (Å²) in [5.41, 5.74) is 8.64. The first-order chi connectivity index (χ1) is 7.72. The smallest absolute Gasteiger partial charge is 0.145 e. The lowest BCUT2D eigenvalue weighted by Crippen LogP contribution is -1.81. The molecule has 5 heteroatoms. The molecule has 0 aliphatic carbocycles. The second-order valence-corrected chi connectivity index (χ2v) is 4.86. The molecular weight excluding hydrogens is 220 g/mol. The Bertz CT molecular complexity index is 653. The number of hydrogen-bond donors (Lipinski definition) is 2. The SMILES string of the molecule is Cc1nc2ccc(-c3cc(N)n[nH]3)cc2s1. The van der Waals surface area contributed by atoms with Gasteiger partial charge in [0, 0.05) is 11.6 Å². The Kier molecular flexibility index (Phi) is 1.94. The zero-order valence-corrected chi connectivity index (χ0v) is 9.51. The molecule has 1 aromatic carbocycles. The molecule has 0 bridgehead atoms. The summed E-state index contributed by atoms with van der Waals surface area (Å²) in [5, 5.41) is 7.90. The molecule has 0 aliphatic rings. The highest BCUT2D eigenvalue weighted by atomic mass is 32.1. The lowest BCUT2D eigenvalue weighted by atomic mass is 10.1. The number of aryl methyl sites for hydroxylation is 1. The van der Waals surface area contributed by atoms with Crippen LogP contribution in [0.4, 0.5) is 5.82 Å². The van der Waals surface area contributed by atoms with Gasteiger partial charge in [0.25, 0.3) is 0 Å². The summed E-state index contributed by atoms with van der Waals surface area (Å²) in [7, 11) is 0. The van der Waals surface area contributed by atoms with E-state index in [-0.39, 0.29) is 0 Å². The van der Waals surface area contributed by atoms with Crippen molar-refractivity contribution < 1.29 is 0 Å². The van der Waals surface area contributed by atoms with E-state index in [1.54, 1.807) is 11.3 Å². The number of fused-ring (bicyclic) bond motifs is 1. The number of nitrogens with zero attached hydrogens (tertiary/aromatic N) is 2. The minimum atomic E-state index is 0.510. The van der Waals surface area contributed by atoms with Gasteiger partial charge in [-0.3, -0.25) is 5.10 Å². The first kappa shape index (κ1) is 9.35. The van der Waals surface area contributed by atoms with Crippen LogP contribution in [0.3, 0.4) is 0 Å². The van der Waals surface area contributed by atoms with Crippen molar-refractivity contribution in [2.75, 3.05) is 5.73 Å². The van der Waals surface area contributed by atoms with Gasteiger partial charge in [-0.2, -0.15) is 5.10 Å². The van der Waals surface area contributed by atoms with E-state index in [4.69, 9.17) is 5.73 Å². The maximum atomic E-state index is 5.58. The number of benzene rings is 1. The van der Waals surface area contributed by atoms with Gasteiger partial charge in [-0.1, -0.05) is 6.07 Å². The van der Waals surface area contributed by atoms with Crippen LogP contribution in [0.5, 0.6) is 0 Å². The molecule has 0 aliphatic heterocycles. The highest BCUT2D eigenvalue weighted by molar-refractivity contribution is 7.18. The highest BCUT2D eigenvalue weighted by Gasteiger charge is 2.05. The van der Waals surface area contributed by atoms with Crippen LogP contribution in [0.1, 0.15) is 5.01 Å². The van der Waals surface area contributed by atoms with Crippen molar-refractivity contribution in [2.24, 2.45) is 0 Å². The third-order valence-corrected chi connectivity index (χ3v) is 3.34.